The Labute approximate surface area is 241 Å². The fourth-order valence-electron chi connectivity index (χ4n) is 4.07. The molecule has 0 aliphatic rings. The fraction of sp³-hybridized carbons (Fsp3) is 0.0938. The maximum atomic E-state index is 13.6. The molecule has 0 radical (unpaired) electrons. The van der Waals surface area contributed by atoms with Crippen molar-refractivity contribution in [2.24, 2.45) is 0 Å². The van der Waals surface area contributed by atoms with Crippen molar-refractivity contribution < 1.29 is 9.59 Å². The molecule has 5 rings (SSSR count). The van der Waals surface area contributed by atoms with Crippen LogP contribution in [0.2, 0.25) is 0 Å². The molecule has 0 saturated heterocycles. The Kier molecular flexibility index (Phi) is 8.59. The molecule has 40 heavy (non-hydrogen) atoms. The van der Waals surface area contributed by atoms with Crippen molar-refractivity contribution in [1.82, 2.24) is 4.98 Å². The lowest BCUT2D eigenvalue weighted by atomic mass is 10.1. The predicted octanol–water partition coefficient (Wildman–Crippen LogP) is 8.54. The van der Waals surface area contributed by atoms with Crippen LogP contribution in [0.3, 0.4) is 0 Å². The number of hydrogen-bond acceptors (Lipinski definition) is 5. The molecule has 3 N–H and O–H groups in total. The number of rotatable bonds is 8. The fourth-order valence-corrected chi connectivity index (χ4v) is 5.93. The average molecular weight is 565 g/mol. The number of amides is 3. The Balaban J connectivity index is 1.29. The van der Waals surface area contributed by atoms with Gasteiger partial charge in [-0.1, -0.05) is 78.4 Å². The molecule has 0 aliphatic heterocycles. The van der Waals surface area contributed by atoms with Gasteiger partial charge in [0.05, 0.1) is 5.69 Å². The first-order valence-corrected chi connectivity index (χ1v) is 14.4. The highest BCUT2D eigenvalue weighted by Crippen LogP contribution is 2.38. The van der Waals surface area contributed by atoms with E-state index in [9.17, 15) is 9.59 Å². The number of thioether (sulfide) groups is 1. The predicted molar refractivity (Wildman–Crippen MR) is 166 cm³/mol. The molecule has 0 saturated carbocycles. The van der Waals surface area contributed by atoms with Crippen LogP contribution in [0.15, 0.2) is 114 Å². The normalized spacial score (nSPS) is 11.4. The molecule has 4 aromatic carbocycles. The minimum atomic E-state index is -0.492. The minimum absolute atomic E-state index is 0.148. The van der Waals surface area contributed by atoms with Gasteiger partial charge in [-0.05, 0) is 55.8 Å². The summed E-state index contributed by atoms with van der Waals surface area (Å²) in [6.07, 6.45) is 0. The second-order valence-corrected chi connectivity index (χ2v) is 11.5. The van der Waals surface area contributed by atoms with Gasteiger partial charge in [0.2, 0.25) is 5.91 Å². The SMILES string of the molecule is Cc1ccc(-c2nc(NC(=O)C(Sc3ccc(NC(=O)Nc4ccccc4)cc3)c3ccccc3)sc2C)cc1. The van der Waals surface area contributed by atoms with Crippen LogP contribution < -0.4 is 16.0 Å². The summed E-state index contributed by atoms with van der Waals surface area (Å²) in [6, 6.07) is 34.3. The average Bonchev–Trinajstić information content (AvgIpc) is 3.33. The Morgan fingerprint density at radius 1 is 0.725 bits per heavy atom. The summed E-state index contributed by atoms with van der Waals surface area (Å²) in [6.45, 7) is 4.07. The monoisotopic (exact) mass is 564 g/mol. The van der Waals surface area contributed by atoms with Crippen molar-refractivity contribution in [3.63, 3.8) is 0 Å². The second-order valence-electron chi connectivity index (χ2n) is 9.16. The van der Waals surface area contributed by atoms with E-state index in [1.54, 1.807) is 0 Å². The number of aromatic nitrogens is 1. The first-order chi connectivity index (χ1) is 19.4. The first kappa shape index (κ1) is 27.2. The first-order valence-electron chi connectivity index (χ1n) is 12.7. The van der Waals surface area contributed by atoms with Crippen LogP contribution in [0.25, 0.3) is 11.3 Å². The van der Waals surface area contributed by atoms with E-state index in [2.05, 4.69) is 47.1 Å². The van der Waals surface area contributed by atoms with E-state index in [-0.39, 0.29) is 11.9 Å². The number of carbonyl (C=O) groups excluding carboxylic acids is 2. The highest BCUT2D eigenvalue weighted by Gasteiger charge is 2.24. The van der Waals surface area contributed by atoms with Gasteiger partial charge < -0.3 is 16.0 Å². The van der Waals surface area contributed by atoms with Gasteiger partial charge in [0.25, 0.3) is 0 Å². The third-order valence-electron chi connectivity index (χ3n) is 6.09. The minimum Gasteiger partial charge on any atom is -0.308 e. The number of benzene rings is 4. The molecule has 1 heterocycles. The zero-order valence-corrected chi connectivity index (χ0v) is 23.7. The highest BCUT2D eigenvalue weighted by atomic mass is 32.2. The van der Waals surface area contributed by atoms with Crippen LogP contribution >= 0.6 is 23.1 Å². The van der Waals surface area contributed by atoms with Crippen LogP contribution in [0.4, 0.5) is 21.3 Å². The Morgan fingerprint density at radius 3 is 1.98 bits per heavy atom. The van der Waals surface area contributed by atoms with Gasteiger partial charge in [-0.2, -0.15) is 0 Å². The van der Waals surface area contributed by atoms with E-state index in [4.69, 9.17) is 4.98 Å². The molecule has 3 amide bonds. The quantitative estimate of drug-likeness (QED) is 0.165. The molecule has 1 atom stereocenters. The van der Waals surface area contributed by atoms with E-state index in [1.165, 1.54) is 28.7 Å². The van der Waals surface area contributed by atoms with Crippen LogP contribution in [-0.2, 0) is 4.79 Å². The van der Waals surface area contributed by atoms with Crippen molar-refractivity contribution in [2.45, 2.75) is 24.0 Å². The molecular formula is C32H28N4O2S2. The number of aryl methyl sites for hydroxylation is 2. The maximum absolute atomic E-state index is 13.6. The topological polar surface area (TPSA) is 83.1 Å². The molecule has 8 heteroatoms. The van der Waals surface area contributed by atoms with Gasteiger partial charge in [0.15, 0.2) is 5.13 Å². The van der Waals surface area contributed by atoms with Gasteiger partial charge in [-0.15, -0.1) is 23.1 Å². The molecule has 200 valence electrons. The molecular weight excluding hydrogens is 537 g/mol. The number of para-hydroxylation sites is 1. The van der Waals surface area contributed by atoms with E-state index in [1.807, 2.05) is 91.9 Å². The third kappa shape index (κ3) is 6.97. The lowest BCUT2D eigenvalue weighted by Crippen LogP contribution is -2.19. The molecule has 0 bridgehead atoms. The summed E-state index contributed by atoms with van der Waals surface area (Å²) in [5.74, 6) is -0.148. The van der Waals surface area contributed by atoms with Crippen molar-refractivity contribution >= 4 is 51.5 Å². The lowest BCUT2D eigenvalue weighted by molar-refractivity contribution is -0.115. The molecule has 0 spiro atoms. The summed E-state index contributed by atoms with van der Waals surface area (Å²) in [5, 5.41) is 8.77. The molecule has 0 fully saturated rings. The maximum Gasteiger partial charge on any atom is 0.323 e. The van der Waals surface area contributed by atoms with E-state index in [0.717, 1.165) is 26.6 Å². The van der Waals surface area contributed by atoms with E-state index < -0.39 is 5.25 Å². The molecule has 1 unspecified atom stereocenters. The van der Waals surface area contributed by atoms with Crippen LogP contribution in [0.1, 0.15) is 21.3 Å². The van der Waals surface area contributed by atoms with Gasteiger partial charge >= 0.3 is 6.03 Å². The zero-order valence-electron chi connectivity index (χ0n) is 22.0. The number of nitrogens with zero attached hydrogens (tertiary/aromatic N) is 1. The van der Waals surface area contributed by atoms with Crippen molar-refractivity contribution in [2.75, 3.05) is 16.0 Å². The molecule has 0 aliphatic carbocycles. The Morgan fingerprint density at radius 2 is 1.32 bits per heavy atom. The molecule has 6 nitrogen and oxygen atoms in total. The molecule has 5 aromatic rings. The van der Waals surface area contributed by atoms with Crippen LogP contribution in [0.5, 0.6) is 0 Å². The highest BCUT2D eigenvalue weighted by molar-refractivity contribution is 8.00. The van der Waals surface area contributed by atoms with Gasteiger partial charge in [-0.3, -0.25) is 4.79 Å². The largest absolute Gasteiger partial charge is 0.323 e. The van der Waals surface area contributed by atoms with Crippen LogP contribution in [-0.4, -0.2) is 16.9 Å². The van der Waals surface area contributed by atoms with Gasteiger partial charge in [-0.25, -0.2) is 9.78 Å². The number of thiazole rings is 1. The van der Waals surface area contributed by atoms with Gasteiger partial charge in [0, 0.05) is 26.7 Å². The summed E-state index contributed by atoms with van der Waals surface area (Å²) in [7, 11) is 0. The third-order valence-corrected chi connectivity index (χ3v) is 8.24. The number of anilines is 3. The van der Waals surface area contributed by atoms with Crippen molar-refractivity contribution in [3.05, 3.63) is 125 Å². The number of hydrogen-bond donors (Lipinski definition) is 3. The Hall–Kier alpha value is -4.40. The number of urea groups is 1. The van der Waals surface area contributed by atoms with Crippen molar-refractivity contribution in [1.29, 1.82) is 0 Å². The Bertz CT molecular complexity index is 1590. The second kappa shape index (κ2) is 12.6. The number of carbonyl (C=O) groups is 2. The zero-order chi connectivity index (χ0) is 27.9. The lowest BCUT2D eigenvalue weighted by Gasteiger charge is -2.16. The summed E-state index contributed by atoms with van der Waals surface area (Å²) in [4.78, 5) is 32.6. The summed E-state index contributed by atoms with van der Waals surface area (Å²) in [5.41, 5.74) is 5.35. The van der Waals surface area contributed by atoms with E-state index >= 15 is 0 Å². The van der Waals surface area contributed by atoms with E-state index in [0.29, 0.717) is 16.5 Å². The van der Waals surface area contributed by atoms with Crippen LogP contribution in [0, 0.1) is 13.8 Å². The van der Waals surface area contributed by atoms with Gasteiger partial charge in [0.1, 0.15) is 5.25 Å². The number of nitrogens with one attached hydrogen (secondary N) is 3. The summed E-state index contributed by atoms with van der Waals surface area (Å²) >= 11 is 2.92. The smallest absolute Gasteiger partial charge is 0.308 e. The summed E-state index contributed by atoms with van der Waals surface area (Å²) < 4.78 is 0. The van der Waals surface area contributed by atoms with Crippen molar-refractivity contribution in [3.8, 4) is 11.3 Å². The molecule has 1 aromatic heterocycles. The standard InChI is InChI=1S/C32H28N4O2S2/c1-21-13-15-23(16-14-21)28-22(2)39-32(35-28)36-30(37)29(24-9-5-3-6-10-24)40-27-19-17-26(18-20-27)34-31(38)33-25-11-7-4-8-12-25/h3-20,29H,1-2H3,(H2,33,34,38)(H,35,36,37).